The number of carbonyl (C=O) groups is 2. The summed E-state index contributed by atoms with van der Waals surface area (Å²) in [6, 6.07) is 18.6. The Balaban J connectivity index is 1.06. The molecule has 6 rings (SSSR count). The molecule has 0 atom stereocenters. The molecule has 1 fully saturated rings. The third kappa shape index (κ3) is 6.60. The van der Waals surface area contributed by atoms with E-state index in [1.165, 1.54) is 0 Å². The summed E-state index contributed by atoms with van der Waals surface area (Å²) >= 11 is 0. The van der Waals surface area contributed by atoms with E-state index in [0.717, 1.165) is 90.9 Å². The lowest BCUT2D eigenvalue weighted by molar-refractivity contribution is -0.137. The fourth-order valence-corrected chi connectivity index (χ4v) is 6.14. The zero-order valence-corrected chi connectivity index (χ0v) is 23.7. The predicted molar refractivity (Wildman–Crippen MR) is 158 cm³/mol. The lowest BCUT2D eigenvalue weighted by Crippen LogP contribution is -2.44. The monoisotopic (exact) mass is 589 g/mol. The standard InChI is InChI=1S/C33H34F3N5O2/c34-33(35,36)25-8-3-22(4-9-25)19-41-16-13-30-28(20-41)27-17-24(7-10-29(27)39-30)32(43)38-26-11-14-40(15-12-26)18-21-1-5-23(6-2-21)31(37)42/h1-10,17,26,39H,11-16,18-20H2,(H2,37,42)(H,38,43). The van der Waals surface area contributed by atoms with E-state index >= 15 is 0 Å². The summed E-state index contributed by atoms with van der Waals surface area (Å²) in [5.74, 6) is -0.521. The van der Waals surface area contributed by atoms with Gasteiger partial charge in [0, 0.05) is 79.5 Å². The van der Waals surface area contributed by atoms with Crippen molar-refractivity contribution in [2.75, 3.05) is 19.6 Å². The first-order valence-corrected chi connectivity index (χ1v) is 14.6. The molecule has 4 N–H and O–H groups in total. The van der Waals surface area contributed by atoms with Gasteiger partial charge in [-0.15, -0.1) is 0 Å². The van der Waals surface area contributed by atoms with Crippen molar-refractivity contribution in [2.45, 2.75) is 51.1 Å². The molecule has 224 valence electrons. The lowest BCUT2D eigenvalue weighted by atomic mass is 10.0. The second-order valence-corrected chi connectivity index (χ2v) is 11.6. The molecule has 4 aromatic rings. The number of aromatic nitrogens is 1. The number of carbonyl (C=O) groups excluding carboxylic acids is 2. The van der Waals surface area contributed by atoms with Gasteiger partial charge in [0.05, 0.1) is 5.56 Å². The zero-order valence-electron chi connectivity index (χ0n) is 23.7. The first-order valence-electron chi connectivity index (χ1n) is 14.6. The Kier molecular flexibility index (Phi) is 7.98. The highest BCUT2D eigenvalue weighted by Gasteiger charge is 2.30. The van der Waals surface area contributed by atoms with Gasteiger partial charge in [0.15, 0.2) is 0 Å². The van der Waals surface area contributed by atoms with E-state index in [1.807, 2.05) is 30.3 Å². The number of amides is 2. The maximum Gasteiger partial charge on any atom is 0.416 e. The highest BCUT2D eigenvalue weighted by molar-refractivity contribution is 5.99. The molecule has 1 saturated heterocycles. The fraction of sp³-hybridized carbons (Fsp3) is 0.333. The number of nitrogens with one attached hydrogen (secondary N) is 2. The van der Waals surface area contributed by atoms with E-state index < -0.39 is 17.6 Å². The number of hydrogen-bond acceptors (Lipinski definition) is 4. The zero-order chi connectivity index (χ0) is 30.1. The van der Waals surface area contributed by atoms with Crippen LogP contribution in [0, 0.1) is 0 Å². The second-order valence-electron chi connectivity index (χ2n) is 11.6. The Bertz CT molecular complexity index is 1620. The number of halogens is 3. The predicted octanol–water partition coefficient (Wildman–Crippen LogP) is 5.24. The molecule has 0 saturated carbocycles. The van der Waals surface area contributed by atoms with Crippen LogP contribution in [0.15, 0.2) is 66.7 Å². The molecule has 0 aliphatic carbocycles. The number of fused-ring (bicyclic) bond motifs is 3. The molecule has 0 bridgehead atoms. The van der Waals surface area contributed by atoms with Crippen LogP contribution < -0.4 is 11.1 Å². The molecule has 3 aromatic carbocycles. The molecule has 10 heteroatoms. The molecule has 7 nitrogen and oxygen atoms in total. The third-order valence-corrected chi connectivity index (χ3v) is 8.57. The van der Waals surface area contributed by atoms with Gasteiger partial charge in [-0.25, -0.2) is 0 Å². The van der Waals surface area contributed by atoms with Crippen molar-refractivity contribution in [2.24, 2.45) is 5.73 Å². The Labute approximate surface area is 247 Å². The van der Waals surface area contributed by atoms with Gasteiger partial charge >= 0.3 is 6.18 Å². The molecule has 2 aliphatic rings. The van der Waals surface area contributed by atoms with Gasteiger partial charge in [-0.2, -0.15) is 13.2 Å². The van der Waals surface area contributed by atoms with Gasteiger partial charge in [-0.05, 0) is 72.0 Å². The maximum atomic E-state index is 13.2. The summed E-state index contributed by atoms with van der Waals surface area (Å²) < 4.78 is 38.8. The molecule has 0 unspecified atom stereocenters. The van der Waals surface area contributed by atoms with Crippen LogP contribution >= 0.6 is 0 Å². The minimum atomic E-state index is -4.34. The smallest absolute Gasteiger partial charge is 0.366 e. The Morgan fingerprint density at radius 3 is 2.14 bits per heavy atom. The Morgan fingerprint density at radius 1 is 0.860 bits per heavy atom. The fourth-order valence-electron chi connectivity index (χ4n) is 6.14. The van der Waals surface area contributed by atoms with Crippen LogP contribution in [-0.4, -0.2) is 52.3 Å². The number of H-pyrrole nitrogens is 1. The van der Waals surface area contributed by atoms with Crippen molar-refractivity contribution < 1.29 is 22.8 Å². The van der Waals surface area contributed by atoms with E-state index in [9.17, 15) is 22.8 Å². The van der Waals surface area contributed by atoms with Crippen LogP contribution in [0.2, 0.25) is 0 Å². The summed E-state index contributed by atoms with van der Waals surface area (Å²) in [7, 11) is 0. The van der Waals surface area contributed by atoms with Crippen molar-refractivity contribution in [1.82, 2.24) is 20.1 Å². The van der Waals surface area contributed by atoms with Crippen LogP contribution in [-0.2, 0) is 32.2 Å². The number of benzene rings is 3. The first-order chi connectivity index (χ1) is 20.6. The third-order valence-electron chi connectivity index (χ3n) is 8.57. The second kappa shape index (κ2) is 11.9. The van der Waals surface area contributed by atoms with E-state index in [0.29, 0.717) is 24.2 Å². The van der Waals surface area contributed by atoms with Gasteiger partial charge < -0.3 is 16.0 Å². The van der Waals surface area contributed by atoms with E-state index in [1.54, 1.807) is 24.3 Å². The first kappa shape index (κ1) is 28.9. The summed E-state index contributed by atoms with van der Waals surface area (Å²) in [5.41, 5.74) is 11.0. The van der Waals surface area contributed by atoms with Crippen LogP contribution in [0.3, 0.4) is 0 Å². The van der Waals surface area contributed by atoms with Crippen LogP contribution in [0.25, 0.3) is 10.9 Å². The molecule has 1 aromatic heterocycles. The quantitative estimate of drug-likeness (QED) is 0.275. The van der Waals surface area contributed by atoms with Crippen LogP contribution in [0.4, 0.5) is 13.2 Å². The minimum Gasteiger partial charge on any atom is -0.366 e. The van der Waals surface area contributed by atoms with Gasteiger partial charge in [-0.3, -0.25) is 19.4 Å². The normalized spacial score (nSPS) is 16.7. The number of alkyl halides is 3. The number of nitrogens with zero attached hydrogens (tertiary/aromatic N) is 2. The van der Waals surface area contributed by atoms with E-state index in [4.69, 9.17) is 5.73 Å². The highest BCUT2D eigenvalue weighted by Crippen LogP contribution is 2.31. The molecular formula is C33H34F3N5O2. The largest absolute Gasteiger partial charge is 0.416 e. The molecule has 2 aliphatic heterocycles. The van der Waals surface area contributed by atoms with Crippen LogP contribution in [0.5, 0.6) is 0 Å². The molecule has 2 amide bonds. The van der Waals surface area contributed by atoms with E-state index in [2.05, 4.69) is 20.1 Å². The molecule has 0 spiro atoms. The van der Waals surface area contributed by atoms with Gasteiger partial charge in [0.2, 0.25) is 5.91 Å². The van der Waals surface area contributed by atoms with Gasteiger partial charge in [-0.1, -0.05) is 24.3 Å². The van der Waals surface area contributed by atoms with Crippen molar-refractivity contribution >= 4 is 22.7 Å². The number of likely N-dealkylation sites (tertiary alicyclic amines) is 1. The van der Waals surface area contributed by atoms with Crippen molar-refractivity contribution in [3.8, 4) is 0 Å². The maximum absolute atomic E-state index is 13.2. The van der Waals surface area contributed by atoms with Gasteiger partial charge in [0.25, 0.3) is 5.91 Å². The summed E-state index contributed by atoms with van der Waals surface area (Å²) in [6.45, 7) is 4.52. The number of primary amides is 1. The van der Waals surface area contributed by atoms with Crippen LogP contribution in [0.1, 0.15) is 61.5 Å². The van der Waals surface area contributed by atoms with Gasteiger partial charge in [0.1, 0.15) is 0 Å². The van der Waals surface area contributed by atoms with E-state index in [-0.39, 0.29) is 11.9 Å². The number of nitrogens with two attached hydrogens (primary N) is 1. The topological polar surface area (TPSA) is 94.5 Å². The average molecular weight is 590 g/mol. The van der Waals surface area contributed by atoms with Crippen molar-refractivity contribution in [3.05, 3.63) is 106 Å². The number of piperidine rings is 1. The van der Waals surface area contributed by atoms with Crippen molar-refractivity contribution in [1.29, 1.82) is 0 Å². The molecular weight excluding hydrogens is 555 g/mol. The molecule has 43 heavy (non-hydrogen) atoms. The number of aromatic amines is 1. The SMILES string of the molecule is NC(=O)c1ccc(CN2CCC(NC(=O)c3ccc4[nH]c5c(c4c3)CN(Cc3ccc(C(F)(F)F)cc3)CC5)CC2)cc1. The molecule has 3 heterocycles. The summed E-state index contributed by atoms with van der Waals surface area (Å²) in [4.78, 5) is 32.6. The average Bonchev–Trinajstić information content (AvgIpc) is 3.35. The number of rotatable bonds is 7. The lowest BCUT2D eigenvalue weighted by Gasteiger charge is -2.32. The highest BCUT2D eigenvalue weighted by atomic mass is 19.4. The summed E-state index contributed by atoms with van der Waals surface area (Å²) in [5, 5.41) is 4.23. The Hall–Kier alpha value is -4.15. The number of hydrogen-bond donors (Lipinski definition) is 3. The Morgan fingerprint density at radius 2 is 1.49 bits per heavy atom. The molecule has 0 radical (unpaired) electrons. The van der Waals surface area contributed by atoms with Crippen molar-refractivity contribution in [3.63, 3.8) is 0 Å². The summed E-state index contributed by atoms with van der Waals surface area (Å²) in [6.07, 6.45) is -1.83. The minimum absolute atomic E-state index is 0.0882.